The summed E-state index contributed by atoms with van der Waals surface area (Å²) in [6, 6.07) is 0. The first-order valence-corrected chi connectivity index (χ1v) is 9.99. The molecule has 0 saturated carbocycles. The number of primary amides is 1. The molecular formula is C17H19BrF2N4O4S. The van der Waals surface area contributed by atoms with E-state index in [0.717, 1.165) is 16.0 Å². The molecule has 12 heteroatoms. The molecule has 0 bridgehead atoms. The molecular weight excluding hydrogens is 474 g/mol. The minimum Gasteiger partial charge on any atom is -0.459 e. The fraction of sp³-hybridized carbons (Fsp3) is 0.412. The Balaban J connectivity index is 2.32. The van der Waals surface area contributed by atoms with Crippen molar-refractivity contribution in [2.24, 2.45) is 5.73 Å². The maximum atomic E-state index is 13.0. The summed E-state index contributed by atoms with van der Waals surface area (Å²) < 4.78 is 32.4. The molecule has 8 nitrogen and oxygen atoms in total. The number of hydrogen-bond acceptors (Lipinski definition) is 6. The van der Waals surface area contributed by atoms with E-state index in [1.54, 1.807) is 13.8 Å². The highest BCUT2D eigenvalue weighted by Crippen LogP contribution is 2.34. The van der Waals surface area contributed by atoms with E-state index in [1.165, 1.54) is 13.8 Å². The van der Waals surface area contributed by atoms with Gasteiger partial charge in [-0.1, -0.05) is 0 Å². The van der Waals surface area contributed by atoms with E-state index in [9.17, 15) is 23.2 Å². The minimum atomic E-state index is -2.80. The number of thiophene rings is 1. The van der Waals surface area contributed by atoms with Gasteiger partial charge in [0.2, 0.25) is 5.91 Å². The lowest BCUT2D eigenvalue weighted by atomic mass is 10.1. The molecule has 0 aliphatic rings. The molecule has 2 rings (SSSR count). The van der Waals surface area contributed by atoms with Crippen molar-refractivity contribution in [3.8, 4) is 0 Å². The molecule has 2 aromatic heterocycles. The molecule has 0 spiro atoms. The first kappa shape index (κ1) is 22.9. The van der Waals surface area contributed by atoms with E-state index in [4.69, 9.17) is 10.5 Å². The number of nitrogens with two attached hydrogens (primary N) is 1. The molecule has 0 aromatic carbocycles. The van der Waals surface area contributed by atoms with Gasteiger partial charge < -0.3 is 15.8 Å². The quantitative estimate of drug-likeness (QED) is 0.573. The number of amides is 2. The highest BCUT2D eigenvalue weighted by atomic mass is 79.9. The maximum absolute atomic E-state index is 13.0. The molecule has 3 N–H and O–H groups in total. The fourth-order valence-electron chi connectivity index (χ4n) is 2.50. The molecule has 2 amide bonds. The Morgan fingerprint density at radius 2 is 1.93 bits per heavy atom. The first-order chi connectivity index (χ1) is 13.4. The predicted molar refractivity (Wildman–Crippen MR) is 106 cm³/mol. The second-order valence-electron chi connectivity index (χ2n) is 6.37. The number of aromatic nitrogens is 2. The third kappa shape index (κ3) is 4.99. The molecule has 158 valence electrons. The van der Waals surface area contributed by atoms with Gasteiger partial charge in [0.05, 0.1) is 26.7 Å². The Labute approximate surface area is 177 Å². The standard InChI is InChI=1S/C17H19BrF2N4O4S/c1-6(2)28-17(27)10-7(3)13(15(21)26)29-16(10)22-9(25)5-24-8(4)11(18)12(23-24)14(19)20/h6,14H,5H2,1-4H3,(H2,21,26)(H,22,25). The van der Waals surface area contributed by atoms with E-state index in [0.29, 0.717) is 11.3 Å². The van der Waals surface area contributed by atoms with Crippen LogP contribution in [0.2, 0.25) is 0 Å². The van der Waals surface area contributed by atoms with Gasteiger partial charge >= 0.3 is 5.97 Å². The number of halogens is 3. The van der Waals surface area contributed by atoms with E-state index in [2.05, 4.69) is 26.3 Å². The Bertz CT molecular complexity index is 971. The van der Waals surface area contributed by atoms with Crippen molar-refractivity contribution >= 4 is 50.1 Å². The molecule has 0 unspecified atom stereocenters. The third-order valence-electron chi connectivity index (χ3n) is 3.83. The molecule has 0 aliphatic carbocycles. The lowest BCUT2D eigenvalue weighted by molar-refractivity contribution is -0.116. The van der Waals surface area contributed by atoms with Crippen LogP contribution in [-0.2, 0) is 16.1 Å². The SMILES string of the molecule is Cc1c(C(N)=O)sc(NC(=O)Cn2nc(C(F)F)c(Br)c2C)c1C(=O)OC(C)C. The minimum absolute atomic E-state index is 0.0255. The van der Waals surface area contributed by atoms with Crippen LogP contribution in [0.5, 0.6) is 0 Å². The largest absolute Gasteiger partial charge is 0.459 e. The number of nitrogens with one attached hydrogen (secondary N) is 1. The van der Waals surface area contributed by atoms with Crippen LogP contribution in [0.1, 0.15) is 57.3 Å². The van der Waals surface area contributed by atoms with Gasteiger partial charge in [0.25, 0.3) is 12.3 Å². The zero-order valence-corrected chi connectivity index (χ0v) is 18.4. The van der Waals surface area contributed by atoms with Gasteiger partial charge in [-0.25, -0.2) is 13.6 Å². The molecule has 2 aromatic rings. The van der Waals surface area contributed by atoms with Gasteiger partial charge in [0.1, 0.15) is 17.2 Å². The summed E-state index contributed by atoms with van der Waals surface area (Å²) in [4.78, 5) is 36.6. The summed E-state index contributed by atoms with van der Waals surface area (Å²) in [5, 5.41) is 6.34. The second-order valence-corrected chi connectivity index (χ2v) is 8.18. The summed E-state index contributed by atoms with van der Waals surface area (Å²) >= 11 is 3.87. The zero-order valence-electron chi connectivity index (χ0n) is 16.0. The van der Waals surface area contributed by atoms with Crippen LogP contribution in [0, 0.1) is 13.8 Å². The van der Waals surface area contributed by atoms with Crippen LogP contribution in [0.25, 0.3) is 0 Å². The molecule has 29 heavy (non-hydrogen) atoms. The van der Waals surface area contributed by atoms with Crippen molar-refractivity contribution < 1.29 is 27.9 Å². The summed E-state index contributed by atoms with van der Waals surface area (Å²) in [6.07, 6.45) is -3.22. The Morgan fingerprint density at radius 3 is 2.41 bits per heavy atom. The summed E-state index contributed by atoms with van der Waals surface area (Å²) in [6.45, 7) is 5.99. The predicted octanol–water partition coefficient (Wildman–Crippen LogP) is 3.56. The smallest absolute Gasteiger partial charge is 0.341 e. The highest BCUT2D eigenvalue weighted by Gasteiger charge is 2.27. The number of alkyl halides is 2. The van der Waals surface area contributed by atoms with Gasteiger partial charge in [-0.3, -0.25) is 14.3 Å². The van der Waals surface area contributed by atoms with E-state index >= 15 is 0 Å². The molecule has 0 radical (unpaired) electrons. The van der Waals surface area contributed by atoms with Crippen LogP contribution in [0.15, 0.2) is 4.47 Å². The Morgan fingerprint density at radius 1 is 1.31 bits per heavy atom. The van der Waals surface area contributed by atoms with Gasteiger partial charge in [-0.15, -0.1) is 11.3 Å². The number of anilines is 1. The number of ether oxygens (including phenoxy) is 1. The molecule has 2 heterocycles. The average molecular weight is 493 g/mol. The summed E-state index contributed by atoms with van der Waals surface area (Å²) in [5.41, 5.74) is 5.52. The van der Waals surface area contributed by atoms with Crippen LogP contribution in [-0.4, -0.2) is 33.7 Å². The number of nitrogens with zero attached hydrogens (tertiary/aromatic N) is 2. The van der Waals surface area contributed by atoms with E-state index in [1.807, 2.05) is 0 Å². The maximum Gasteiger partial charge on any atom is 0.341 e. The molecule has 0 atom stereocenters. The van der Waals surface area contributed by atoms with Crippen molar-refractivity contribution in [3.63, 3.8) is 0 Å². The summed E-state index contributed by atoms with van der Waals surface area (Å²) in [7, 11) is 0. The number of hydrogen-bond donors (Lipinski definition) is 2. The van der Waals surface area contributed by atoms with Crippen molar-refractivity contribution in [2.45, 2.75) is 46.8 Å². The molecule has 0 aliphatic heterocycles. The summed E-state index contributed by atoms with van der Waals surface area (Å²) in [5.74, 6) is -2.09. The van der Waals surface area contributed by atoms with E-state index < -0.39 is 36.0 Å². The Hall–Kier alpha value is -2.34. The number of esters is 1. The monoisotopic (exact) mass is 492 g/mol. The second kappa shape index (κ2) is 8.99. The zero-order chi connectivity index (χ0) is 22.0. The first-order valence-electron chi connectivity index (χ1n) is 8.38. The van der Waals surface area contributed by atoms with Crippen LogP contribution >= 0.6 is 27.3 Å². The number of rotatable bonds is 7. The number of carbonyl (C=O) groups is 3. The lowest BCUT2D eigenvalue weighted by Crippen LogP contribution is -2.22. The van der Waals surface area contributed by atoms with Crippen molar-refractivity contribution in [1.29, 1.82) is 0 Å². The van der Waals surface area contributed by atoms with E-state index in [-0.39, 0.29) is 26.5 Å². The lowest BCUT2D eigenvalue weighted by Gasteiger charge is -2.10. The van der Waals surface area contributed by atoms with Gasteiger partial charge in [0.15, 0.2) is 0 Å². The number of carbonyl (C=O) groups excluding carboxylic acids is 3. The van der Waals surface area contributed by atoms with Crippen LogP contribution in [0.3, 0.4) is 0 Å². The molecule has 0 saturated heterocycles. The average Bonchev–Trinajstić information content (AvgIpc) is 3.05. The van der Waals surface area contributed by atoms with Gasteiger partial charge in [0, 0.05) is 0 Å². The van der Waals surface area contributed by atoms with Crippen molar-refractivity contribution in [2.75, 3.05) is 5.32 Å². The van der Waals surface area contributed by atoms with Gasteiger partial charge in [-0.2, -0.15) is 5.10 Å². The highest BCUT2D eigenvalue weighted by molar-refractivity contribution is 9.10. The molecule has 0 fully saturated rings. The van der Waals surface area contributed by atoms with Crippen molar-refractivity contribution in [3.05, 3.63) is 31.9 Å². The normalized spacial score (nSPS) is 11.2. The van der Waals surface area contributed by atoms with Crippen LogP contribution in [0.4, 0.5) is 13.8 Å². The Kier molecular flexibility index (Phi) is 7.11. The van der Waals surface area contributed by atoms with Crippen molar-refractivity contribution in [1.82, 2.24) is 9.78 Å². The fourth-order valence-corrected chi connectivity index (χ4v) is 4.02. The van der Waals surface area contributed by atoms with Gasteiger partial charge in [-0.05, 0) is 49.2 Å². The topological polar surface area (TPSA) is 116 Å². The van der Waals surface area contributed by atoms with Crippen LogP contribution < -0.4 is 11.1 Å². The third-order valence-corrected chi connectivity index (χ3v) is 6.03.